The van der Waals surface area contributed by atoms with E-state index < -0.39 is 0 Å². The van der Waals surface area contributed by atoms with Gasteiger partial charge in [-0.1, -0.05) is 103 Å². The second-order valence-corrected chi connectivity index (χ2v) is 11.6. The summed E-state index contributed by atoms with van der Waals surface area (Å²) in [6, 6.07) is 57.9. The van der Waals surface area contributed by atoms with Gasteiger partial charge in [0.05, 0.1) is 10.9 Å². The molecular weight excluding hydrogens is 560 g/mol. The van der Waals surface area contributed by atoms with Crippen LogP contribution >= 0.6 is 0 Å². The highest BCUT2D eigenvalue weighted by Gasteiger charge is 2.17. The number of rotatable bonds is 5. The van der Waals surface area contributed by atoms with Gasteiger partial charge in [-0.15, -0.1) is 0 Å². The molecule has 46 heavy (non-hydrogen) atoms. The number of hydrogen-bond acceptors (Lipinski definition) is 3. The van der Waals surface area contributed by atoms with Crippen LogP contribution in [0.5, 0.6) is 0 Å². The summed E-state index contributed by atoms with van der Waals surface area (Å²) in [5.41, 5.74) is 10.6. The Morgan fingerprint density at radius 2 is 1.11 bits per heavy atom. The van der Waals surface area contributed by atoms with Gasteiger partial charge in [0.25, 0.3) is 0 Å². The van der Waals surface area contributed by atoms with Crippen molar-refractivity contribution in [2.75, 3.05) is 4.90 Å². The molecule has 3 nitrogen and oxygen atoms in total. The molecular formula is C43H28N2O. The maximum absolute atomic E-state index is 6.48. The van der Waals surface area contributed by atoms with E-state index in [-0.39, 0.29) is 0 Å². The van der Waals surface area contributed by atoms with Crippen molar-refractivity contribution >= 4 is 60.7 Å². The predicted molar refractivity (Wildman–Crippen MR) is 192 cm³/mol. The summed E-state index contributed by atoms with van der Waals surface area (Å²) in [7, 11) is 0. The molecule has 2 aromatic heterocycles. The number of benzene rings is 7. The molecule has 0 aliphatic heterocycles. The Balaban J connectivity index is 1.10. The molecule has 0 spiro atoms. The van der Waals surface area contributed by atoms with Crippen LogP contribution in [0.25, 0.3) is 65.9 Å². The normalized spacial score (nSPS) is 11.5. The first-order valence-electron chi connectivity index (χ1n) is 15.5. The molecule has 216 valence electrons. The van der Waals surface area contributed by atoms with E-state index in [2.05, 4.69) is 163 Å². The minimum absolute atomic E-state index is 0.854. The summed E-state index contributed by atoms with van der Waals surface area (Å²) in [5, 5.41) is 5.76. The average molecular weight is 589 g/mol. The summed E-state index contributed by atoms with van der Waals surface area (Å²) >= 11 is 0. The maximum Gasteiger partial charge on any atom is 0.143 e. The number of fused-ring (bicyclic) bond motifs is 6. The highest BCUT2D eigenvalue weighted by molar-refractivity contribution is 6.19. The van der Waals surface area contributed by atoms with E-state index in [1.165, 1.54) is 21.9 Å². The van der Waals surface area contributed by atoms with Gasteiger partial charge in [0.15, 0.2) is 0 Å². The standard InChI is InChI=1S/C43H28N2O/c1-2-11-35(12-3-1)45(36-22-17-30(18-23-36)34-16-15-29-8-4-5-9-33(29)28-34)37-24-19-31(20-25-37)38-13-6-14-39-41-40(46-43(38)39)26-21-32-10-7-27-44-42(32)41/h1-28H. The van der Waals surface area contributed by atoms with Crippen molar-refractivity contribution in [1.29, 1.82) is 0 Å². The lowest BCUT2D eigenvalue weighted by molar-refractivity contribution is 0.670. The van der Waals surface area contributed by atoms with E-state index in [9.17, 15) is 0 Å². The van der Waals surface area contributed by atoms with Gasteiger partial charge in [0.2, 0.25) is 0 Å². The third kappa shape index (κ3) is 4.41. The van der Waals surface area contributed by atoms with Gasteiger partial charge >= 0.3 is 0 Å². The third-order valence-corrected chi connectivity index (χ3v) is 8.89. The van der Waals surface area contributed by atoms with Crippen LogP contribution in [0.15, 0.2) is 174 Å². The van der Waals surface area contributed by atoms with E-state index in [1.54, 1.807) is 0 Å². The number of nitrogens with zero attached hydrogens (tertiary/aromatic N) is 2. The van der Waals surface area contributed by atoms with Crippen LogP contribution in [0.1, 0.15) is 0 Å². The molecule has 0 atom stereocenters. The average Bonchev–Trinajstić information content (AvgIpc) is 3.52. The molecule has 0 amide bonds. The molecule has 0 radical (unpaired) electrons. The summed E-state index contributed by atoms with van der Waals surface area (Å²) in [5.74, 6) is 0. The number of pyridine rings is 1. The molecule has 0 saturated heterocycles. The molecule has 0 bridgehead atoms. The molecule has 3 heteroatoms. The van der Waals surface area contributed by atoms with Crippen LogP contribution in [0, 0.1) is 0 Å². The zero-order valence-electron chi connectivity index (χ0n) is 25.0. The Hall–Kier alpha value is -6.19. The fourth-order valence-electron chi connectivity index (χ4n) is 6.64. The Labute approximate surface area is 266 Å². The number of aromatic nitrogens is 1. The Bertz CT molecular complexity index is 2510. The minimum atomic E-state index is 0.854. The van der Waals surface area contributed by atoms with Crippen LogP contribution in [0.4, 0.5) is 17.1 Å². The van der Waals surface area contributed by atoms with Crippen LogP contribution in [0.3, 0.4) is 0 Å². The van der Waals surface area contributed by atoms with Crippen molar-refractivity contribution in [2.45, 2.75) is 0 Å². The summed E-state index contributed by atoms with van der Waals surface area (Å²) in [6.45, 7) is 0. The Morgan fingerprint density at radius 3 is 1.91 bits per heavy atom. The first-order valence-corrected chi connectivity index (χ1v) is 15.5. The topological polar surface area (TPSA) is 29.3 Å². The summed E-state index contributed by atoms with van der Waals surface area (Å²) < 4.78 is 6.48. The fraction of sp³-hybridized carbons (Fsp3) is 0. The lowest BCUT2D eigenvalue weighted by Gasteiger charge is -2.26. The van der Waals surface area contributed by atoms with Gasteiger partial charge in [0.1, 0.15) is 11.2 Å². The van der Waals surface area contributed by atoms with Gasteiger partial charge in [-0.2, -0.15) is 0 Å². The van der Waals surface area contributed by atoms with Crippen molar-refractivity contribution in [3.8, 4) is 22.3 Å². The Kier molecular flexibility index (Phi) is 6.14. The largest absolute Gasteiger partial charge is 0.455 e. The minimum Gasteiger partial charge on any atom is -0.455 e. The quantitative estimate of drug-likeness (QED) is 0.200. The number of anilines is 3. The Morgan fingerprint density at radius 1 is 0.457 bits per heavy atom. The van der Waals surface area contributed by atoms with Crippen molar-refractivity contribution in [1.82, 2.24) is 4.98 Å². The van der Waals surface area contributed by atoms with E-state index in [0.29, 0.717) is 0 Å². The van der Waals surface area contributed by atoms with Gasteiger partial charge in [0, 0.05) is 39.6 Å². The second kappa shape index (κ2) is 10.8. The highest BCUT2D eigenvalue weighted by Crippen LogP contribution is 2.40. The second-order valence-electron chi connectivity index (χ2n) is 11.6. The van der Waals surface area contributed by atoms with E-state index in [1.807, 2.05) is 12.3 Å². The van der Waals surface area contributed by atoms with E-state index in [4.69, 9.17) is 9.40 Å². The zero-order valence-corrected chi connectivity index (χ0v) is 25.0. The first kappa shape index (κ1) is 26.2. The molecule has 0 unspecified atom stereocenters. The summed E-state index contributed by atoms with van der Waals surface area (Å²) in [6.07, 6.45) is 1.85. The van der Waals surface area contributed by atoms with Crippen LogP contribution in [-0.4, -0.2) is 4.98 Å². The molecule has 0 aliphatic carbocycles. The highest BCUT2D eigenvalue weighted by atomic mass is 16.3. The van der Waals surface area contributed by atoms with Gasteiger partial charge < -0.3 is 9.32 Å². The lowest BCUT2D eigenvalue weighted by Crippen LogP contribution is -2.09. The van der Waals surface area contributed by atoms with Gasteiger partial charge in [-0.3, -0.25) is 4.98 Å². The molecule has 2 heterocycles. The molecule has 0 aliphatic rings. The summed E-state index contributed by atoms with van der Waals surface area (Å²) in [4.78, 5) is 6.99. The van der Waals surface area contributed by atoms with Crippen molar-refractivity contribution in [3.63, 3.8) is 0 Å². The maximum atomic E-state index is 6.48. The van der Waals surface area contributed by atoms with Crippen molar-refractivity contribution < 1.29 is 4.42 Å². The van der Waals surface area contributed by atoms with Crippen LogP contribution in [-0.2, 0) is 0 Å². The smallest absolute Gasteiger partial charge is 0.143 e. The molecule has 9 rings (SSSR count). The number of para-hydroxylation sites is 2. The third-order valence-electron chi connectivity index (χ3n) is 8.89. The van der Waals surface area contributed by atoms with E-state index in [0.717, 1.165) is 61.0 Å². The van der Waals surface area contributed by atoms with Crippen LogP contribution in [0.2, 0.25) is 0 Å². The molecule has 9 aromatic rings. The van der Waals surface area contributed by atoms with E-state index >= 15 is 0 Å². The monoisotopic (exact) mass is 588 g/mol. The van der Waals surface area contributed by atoms with Crippen molar-refractivity contribution in [2.24, 2.45) is 0 Å². The van der Waals surface area contributed by atoms with Gasteiger partial charge in [-0.05, 0) is 88.1 Å². The zero-order chi connectivity index (χ0) is 30.5. The van der Waals surface area contributed by atoms with Crippen LogP contribution < -0.4 is 4.90 Å². The van der Waals surface area contributed by atoms with Gasteiger partial charge in [-0.25, -0.2) is 0 Å². The number of hydrogen-bond donors (Lipinski definition) is 0. The SMILES string of the molecule is c1ccc(N(c2ccc(-c3ccc4ccccc4c3)cc2)c2ccc(-c3cccc4c3oc3ccc5cccnc5c34)cc2)cc1. The predicted octanol–water partition coefficient (Wildman–Crippen LogP) is 12.1. The van der Waals surface area contributed by atoms with Crippen molar-refractivity contribution in [3.05, 3.63) is 170 Å². The number of furan rings is 1. The molecule has 7 aromatic carbocycles. The fourth-order valence-corrected chi connectivity index (χ4v) is 6.64. The molecule has 0 saturated carbocycles. The first-order chi connectivity index (χ1) is 22.8. The molecule has 0 fully saturated rings. The lowest BCUT2D eigenvalue weighted by atomic mass is 10.00. The molecule has 0 N–H and O–H groups in total.